The first-order valence-electron chi connectivity index (χ1n) is 5.07. The van der Waals surface area contributed by atoms with Crippen LogP contribution in [0.3, 0.4) is 0 Å². The Bertz CT molecular complexity index is 352. The molecule has 0 saturated heterocycles. The SMILES string of the molecule is CNCCOc1ncc(C(C)(C)F)cc1Cl. The van der Waals surface area contributed by atoms with E-state index in [4.69, 9.17) is 16.3 Å². The number of aromatic nitrogens is 1. The molecule has 1 aromatic rings. The maximum absolute atomic E-state index is 13.6. The Hall–Kier alpha value is -0.870. The summed E-state index contributed by atoms with van der Waals surface area (Å²) in [4.78, 5) is 3.99. The molecule has 0 atom stereocenters. The fourth-order valence-electron chi connectivity index (χ4n) is 1.11. The second-order valence-electron chi connectivity index (χ2n) is 3.94. The monoisotopic (exact) mass is 246 g/mol. The third-order valence-corrected chi connectivity index (χ3v) is 2.36. The van der Waals surface area contributed by atoms with Crippen LogP contribution in [0.15, 0.2) is 12.3 Å². The molecule has 1 aromatic heterocycles. The number of nitrogens with zero attached hydrogens (tertiary/aromatic N) is 1. The van der Waals surface area contributed by atoms with Crippen molar-refractivity contribution in [2.24, 2.45) is 0 Å². The highest BCUT2D eigenvalue weighted by molar-refractivity contribution is 6.31. The Morgan fingerprint density at radius 3 is 2.75 bits per heavy atom. The van der Waals surface area contributed by atoms with Crippen molar-refractivity contribution < 1.29 is 9.13 Å². The fraction of sp³-hybridized carbons (Fsp3) is 0.545. The molecule has 0 spiro atoms. The first-order valence-corrected chi connectivity index (χ1v) is 5.45. The van der Waals surface area contributed by atoms with Gasteiger partial charge in [0.15, 0.2) is 0 Å². The van der Waals surface area contributed by atoms with Crippen LogP contribution >= 0.6 is 11.6 Å². The normalized spacial score (nSPS) is 11.6. The van der Waals surface area contributed by atoms with Crippen LogP contribution in [0.4, 0.5) is 4.39 Å². The zero-order chi connectivity index (χ0) is 12.2. The average Bonchev–Trinajstić information content (AvgIpc) is 2.19. The molecule has 0 aliphatic heterocycles. The lowest BCUT2D eigenvalue weighted by Crippen LogP contribution is -2.17. The Morgan fingerprint density at radius 1 is 1.56 bits per heavy atom. The van der Waals surface area contributed by atoms with E-state index in [-0.39, 0.29) is 0 Å². The summed E-state index contributed by atoms with van der Waals surface area (Å²) in [7, 11) is 1.83. The van der Waals surface area contributed by atoms with Crippen molar-refractivity contribution in [3.63, 3.8) is 0 Å². The van der Waals surface area contributed by atoms with Gasteiger partial charge in [0, 0.05) is 18.3 Å². The van der Waals surface area contributed by atoms with Crippen molar-refractivity contribution in [2.45, 2.75) is 19.5 Å². The Morgan fingerprint density at radius 2 is 2.25 bits per heavy atom. The summed E-state index contributed by atoms with van der Waals surface area (Å²) in [5, 5.41) is 3.27. The van der Waals surface area contributed by atoms with Crippen LogP contribution in [0.5, 0.6) is 5.88 Å². The van der Waals surface area contributed by atoms with E-state index in [9.17, 15) is 4.39 Å². The predicted molar refractivity (Wildman–Crippen MR) is 62.8 cm³/mol. The van der Waals surface area contributed by atoms with Crippen LogP contribution in [0.2, 0.25) is 5.02 Å². The quantitative estimate of drug-likeness (QED) is 0.811. The molecule has 0 aromatic carbocycles. The third-order valence-electron chi connectivity index (χ3n) is 2.08. The molecule has 0 bridgehead atoms. The van der Waals surface area contributed by atoms with Gasteiger partial charge in [0.1, 0.15) is 17.3 Å². The number of alkyl halides is 1. The van der Waals surface area contributed by atoms with Gasteiger partial charge in [-0.1, -0.05) is 11.6 Å². The maximum atomic E-state index is 13.6. The van der Waals surface area contributed by atoms with Crippen LogP contribution in [0, 0.1) is 0 Å². The molecule has 0 unspecified atom stereocenters. The second kappa shape index (κ2) is 5.46. The largest absolute Gasteiger partial charge is 0.475 e. The molecule has 1 rings (SSSR count). The number of hydrogen-bond donors (Lipinski definition) is 1. The Kier molecular flexibility index (Phi) is 4.50. The molecule has 90 valence electrons. The van der Waals surface area contributed by atoms with E-state index in [2.05, 4.69) is 10.3 Å². The first-order chi connectivity index (χ1) is 7.45. The molecule has 0 fully saturated rings. The molecule has 16 heavy (non-hydrogen) atoms. The highest BCUT2D eigenvalue weighted by Crippen LogP contribution is 2.29. The lowest BCUT2D eigenvalue weighted by molar-refractivity contribution is 0.220. The minimum absolute atomic E-state index is 0.333. The molecule has 5 heteroatoms. The van der Waals surface area contributed by atoms with Gasteiger partial charge in [-0.05, 0) is 27.0 Å². The molecule has 0 saturated carbocycles. The molecule has 0 radical (unpaired) electrons. The average molecular weight is 247 g/mol. The lowest BCUT2D eigenvalue weighted by Gasteiger charge is -2.15. The highest BCUT2D eigenvalue weighted by atomic mass is 35.5. The predicted octanol–water partition coefficient (Wildman–Crippen LogP) is 2.54. The summed E-state index contributed by atoms with van der Waals surface area (Å²) in [5.41, 5.74) is -1.00. The Balaban J connectivity index is 2.76. The molecular weight excluding hydrogens is 231 g/mol. The van der Waals surface area contributed by atoms with E-state index in [0.717, 1.165) is 0 Å². The number of nitrogens with one attached hydrogen (secondary N) is 1. The number of ether oxygens (including phenoxy) is 1. The zero-order valence-electron chi connectivity index (χ0n) is 9.68. The molecule has 3 nitrogen and oxygen atoms in total. The summed E-state index contributed by atoms with van der Waals surface area (Å²) >= 11 is 5.94. The van der Waals surface area contributed by atoms with Gasteiger partial charge >= 0.3 is 0 Å². The second-order valence-corrected chi connectivity index (χ2v) is 4.34. The molecule has 0 amide bonds. The van der Waals surface area contributed by atoms with Gasteiger partial charge in [-0.3, -0.25) is 0 Å². The van der Waals surface area contributed by atoms with Crippen molar-refractivity contribution in [1.29, 1.82) is 0 Å². The van der Waals surface area contributed by atoms with Gasteiger partial charge in [-0.15, -0.1) is 0 Å². The minimum Gasteiger partial charge on any atom is -0.475 e. The van der Waals surface area contributed by atoms with Crippen LogP contribution < -0.4 is 10.1 Å². The van der Waals surface area contributed by atoms with E-state index < -0.39 is 5.67 Å². The maximum Gasteiger partial charge on any atom is 0.232 e. The first kappa shape index (κ1) is 13.2. The molecule has 1 heterocycles. The van der Waals surface area contributed by atoms with Gasteiger partial charge in [-0.25, -0.2) is 9.37 Å². The summed E-state index contributed by atoms with van der Waals surface area (Å²) in [6, 6.07) is 1.54. The van der Waals surface area contributed by atoms with E-state index in [1.165, 1.54) is 20.0 Å². The van der Waals surface area contributed by atoms with E-state index >= 15 is 0 Å². The number of rotatable bonds is 5. The Labute approximate surface area is 100.0 Å². The molecular formula is C11H16ClFN2O. The van der Waals surface area contributed by atoms with E-state index in [1.54, 1.807) is 6.07 Å². The third kappa shape index (κ3) is 3.61. The topological polar surface area (TPSA) is 34.1 Å². The van der Waals surface area contributed by atoms with Gasteiger partial charge < -0.3 is 10.1 Å². The van der Waals surface area contributed by atoms with Crippen molar-refractivity contribution in [2.75, 3.05) is 20.2 Å². The molecule has 1 N–H and O–H groups in total. The standard InChI is InChI=1S/C11H16ClFN2O/c1-11(2,13)8-6-9(12)10(15-7-8)16-5-4-14-3/h6-7,14H,4-5H2,1-3H3. The fourth-order valence-corrected chi connectivity index (χ4v) is 1.33. The number of likely N-dealkylation sites (N-methyl/N-ethyl adjacent to an activating group) is 1. The minimum atomic E-state index is -1.44. The summed E-state index contributed by atoms with van der Waals surface area (Å²) < 4.78 is 18.9. The van der Waals surface area contributed by atoms with Gasteiger partial charge in [0.2, 0.25) is 5.88 Å². The van der Waals surface area contributed by atoms with Crippen molar-refractivity contribution in [3.8, 4) is 5.88 Å². The number of pyridine rings is 1. The highest BCUT2D eigenvalue weighted by Gasteiger charge is 2.20. The van der Waals surface area contributed by atoms with Crippen molar-refractivity contribution in [1.82, 2.24) is 10.3 Å². The smallest absolute Gasteiger partial charge is 0.232 e. The number of halogens is 2. The van der Waals surface area contributed by atoms with Crippen LogP contribution in [0.25, 0.3) is 0 Å². The van der Waals surface area contributed by atoms with Crippen LogP contribution in [-0.4, -0.2) is 25.2 Å². The zero-order valence-corrected chi connectivity index (χ0v) is 10.4. The van der Waals surface area contributed by atoms with Crippen molar-refractivity contribution >= 4 is 11.6 Å². The number of hydrogen-bond acceptors (Lipinski definition) is 3. The van der Waals surface area contributed by atoms with Gasteiger partial charge in [0.05, 0.1) is 0 Å². The van der Waals surface area contributed by atoms with E-state index in [0.29, 0.717) is 29.6 Å². The van der Waals surface area contributed by atoms with Crippen LogP contribution in [-0.2, 0) is 5.67 Å². The van der Waals surface area contributed by atoms with Gasteiger partial charge in [-0.2, -0.15) is 0 Å². The molecule has 0 aliphatic rings. The molecule has 0 aliphatic carbocycles. The van der Waals surface area contributed by atoms with Crippen LogP contribution in [0.1, 0.15) is 19.4 Å². The summed E-state index contributed by atoms with van der Waals surface area (Å²) in [6.07, 6.45) is 1.45. The van der Waals surface area contributed by atoms with Crippen molar-refractivity contribution in [3.05, 3.63) is 22.8 Å². The summed E-state index contributed by atoms with van der Waals surface area (Å²) in [6.45, 7) is 4.10. The summed E-state index contributed by atoms with van der Waals surface area (Å²) in [5.74, 6) is 0.338. The lowest BCUT2D eigenvalue weighted by atomic mass is 10.0. The van der Waals surface area contributed by atoms with Gasteiger partial charge in [0.25, 0.3) is 0 Å². The van der Waals surface area contributed by atoms with E-state index in [1.807, 2.05) is 7.05 Å².